The molecule has 1 aliphatic heterocycles. The van der Waals surface area contributed by atoms with E-state index in [9.17, 15) is 4.79 Å². The van der Waals surface area contributed by atoms with E-state index in [4.69, 9.17) is 5.73 Å². The van der Waals surface area contributed by atoms with Gasteiger partial charge in [0.05, 0.1) is 18.0 Å². The molecule has 1 unspecified atom stereocenters. The minimum absolute atomic E-state index is 0.0445. The molecule has 17 heavy (non-hydrogen) atoms. The summed E-state index contributed by atoms with van der Waals surface area (Å²) in [5.74, 6) is 0.581. The van der Waals surface area contributed by atoms with Crippen LogP contribution in [0.1, 0.15) is 30.1 Å². The number of hydrogen-bond acceptors (Lipinski definition) is 4. The van der Waals surface area contributed by atoms with Crippen LogP contribution in [-0.2, 0) is 0 Å². The molecular weight excluding hydrogens is 216 g/mol. The summed E-state index contributed by atoms with van der Waals surface area (Å²) in [6.07, 6.45) is 5.03. The van der Waals surface area contributed by atoms with Gasteiger partial charge >= 0.3 is 0 Å². The Morgan fingerprint density at radius 1 is 1.47 bits per heavy atom. The second-order valence-electron chi connectivity index (χ2n) is 4.62. The maximum Gasteiger partial charge on any atom is 0.255 e. The summed E-state index contributed by atoms with van der Waals surface area (Å²) in [4.78, 5) is 14.0. The van der Waals surface area contributed by atoms with Crippen molar-refractivity contribution in [2.45, 2.75) is 25.8 Å². The summed E-state index contributed by atoms with van der Waals surface area (Å²) < 4.78 is 0. The van der Waals surface area contributed by atoms with Gasteiger partial charge < -0.3 is 10.6 Å². The molecule has 1 aliphatic rings. The highest BCUT2D eigenvalue weighted by Crippen LogP contribution is 2.20. The van der Waals surface area contributed by atoms with Crippen LogP contribution in [0.25, 0.3) is 0 Å². The van der Waals surface area contributed by atoms with E-state index in [1.807, 2.05) is 11.8 Å². The molecule has 92 valence electrons. The third-order valence-electron chi connectivity index (χ3n) is 3.40. The number of aromatic nitrogens is 2. The number of amides is 1. The SMILES string of the molecule is CC(N)C1CCN(C(=O)c2ccnnc2)CC1. The summed E-state index contributed by atoms with van der Waals surface area (Å²) in [5.41, 5.74) is 6.49. The Labute approximate surface area is 101 Å². The first kappa shape index (κ1) is 12.0. The lowest BCUT2D eigenvalue weighted by Gasteiger charge is -2.33. The predicted molar refractivity (Wildman–Crippen MR) is 64.3 cm³/mol. The molecule has 1 saturated heterocycles. The monoisotopic (exact) mass is 234 g/mol. The van der Waals surface area contributed by atoms with Crippen LogP contribution in [0.4, 0.5) is 0 Å². The highest BCUT2D eigenvalue weighted by Gasteiger charge is 2.25. The quantitative estimate of drug-likeness (QED) is 0.816. The largest absolute Gasteiger partial charge is 0.339 e. The van der Waals surface area contributed by atoms with Gasteiger partial charge in [0.15, 0.2) is 0 Å². The lowest BCUT2D eigenvalue weighted by molar-refractivity contribution is 0.0680. The second kappa shape index (κ2) is 5.23. The zero-order chi connectivity index (χ0) is 12.3. The van der Waals surface area contributed by atoms with Crippen molar-refractivity contribution < 1.29 is 4.79 Å². The Morgan fingerprint density at radius 3 is 2.71 bits per heavy atom. The van der Waals surface area contributed by atoms with E-state index < -0.39 is 0 Å². The highest BCUT2D eigenvalue weighted by molar-refractivity contribution is 5.93. The van der Waals surface area contributed by atoms with E-state index in [-0.39, 0.29) is 11.9 Å². The maximum atomic E-state index is 12.1. The topological polar surface area (TPSA) is 72.1 Å². The number of nitrogens with two attached hydrogens (primary N) is 1. The van der Waals surface area contributed by atoms with Crippen molar-refractivity contribution in [2.24, 2.45) is 11.7 Å². The minimum atomic E-state index is 0.0445. The average molecular weight is 234 g/mol. The third-order valence-corrected chi connectivity index (χ3v) is 3.40. The van der Waals surface area contributed by atoms with Gasteiger partial charge in [-0.3, -0.25) is 4.79 Å². The van der Waals surface area contributed by atoms with Gasteiger partial charge in [-0.15, -0.1) is 0 Å². The molecule has 2 N–H and O–H groups in total. The van der Waals surface area contributed by atoms with E-state index in [1.54, 1.807) is 12.3 Å². The number of nitrogens with zero attached hydrogens (tertiary/aromatic N) is 3. The molecule has 5 heteroatoms. The Bertz CT molecular complexity index is 371. The van der Waals surface area contributed by atoms with Gasteiger partial charge in [-0.1, -0.05) is 0 Å². The fourth-order valence-electron chi connectivity index (χ4n) is 2.23. The van der Waals surface area contributed by atoms with Gasteiger partial charge in [-0.25, -0.2) is 0 Å². The molecule has 0 spiro atoms. The van der Waals surface area contributed by atoms with Gasteiger partial charge in [-0.2, -0.15) is 10.2 Å². The first-order chi connectivity index (χ1) is 8.18. The number of rotatable bonds is 2. The van der Waals surface area contributed by atoms with Crippen LogP contribution in [0.5, 0.6) is 0 Å². The van der Waals surface area contributed by atoms with Crippen molar-refractivity contribution in [3.8, 4) is 0 Å². The smallest absolute Gasteiger partial charge is 0.255 e. The van der Waals surface area contributed by atoms with Crippen LogP contribution >= 0.6 is 0 Å². The Balaban J connectivity index is 1.95. The lowest BCUT2D eigenvalue weighted by atomic mass is 9.91. The molecule has 1 aromatic heterocycles. The molecule has 1 aromatic rings. The summed E-state index contributed by atoms with van der Waals surface area (Å²) in [5, 5.41) is 7.40. The van der Waals surface area contributed by atoms with Crippen molar-refractivity contribution in [3.05, 3.63) is 24.0 Å². The summed E-state index contributed by atoms with van der Waals surface area (Å²) in [6, 6.07) is 1.92. The number of likely N-dealkylation sites (tertiary alicyclic amines) is 1. The zero-order valence-corrected chi connectivity index (χ0v) is 10.0. The normalized spacial score (nSPS) is 19.1. The van der Waals surface area contributed by atoms with E-state index >= 15 is 0 Å². The standard InChI is InChI=1S/C12H18N4O/c1-9(13)10-3-6-16(7-4-10)12(17)11-2-5-14-15-8-11/h2,5,8-10H,3-4,6-7,13H2,1H3. The first-order valence-corrected chi connectivity index (χ1v) is 6.00. The van der Waals surface area contributed by atoms with E-state index in [0.29, 0.717) is 11.5 Å². The fourth-order valence-corrected chi connectivity index (χ4v) is 2.23. The fraction of sp³-hybridized carbons (Fsp3) is 0.583. The molecule has 0 saturated carbocycles. The molecule has 0 aromatic carbocycles. The van der Waals surface area contributed by atoms with Gasteiger partial charge in [0, 0.05) is 19.1 Å². The summed E-state index contributed by atoms with van der Waals surface area (Å²) in [6.45, 7) is 3.61. The van der Waals surface area contributed by atoms with Gasteiger partial charge in [0.25, 0.3) is 5.91 Å². The molecule has 1 fully saturated rings. The van der Waals surface area contributed by atoms with Crippen molar-refractivity contribution in [3.63, 3.8) is 0 Å². The highest BCUT2D eigenvalue weighted by atomic mass is 16.2. The van der Waals surface area contributed by atoms with Crippen molar-refractivity contribution in [1.82, 2.24) is 15.1 Å². The second-order valence-corrected chi connectivity index (χ2v) is 4.62. The number of carbonyl (C=O) groups excluding carboxylic acids is 1. The first-order valence-electron chi connectivity index (χ1n) is 6.00. The number of hydrogen-bond donors (Lipinski definition) is 1. The molecular formula is C12H18N4O. The third kappa shape index (κ3) is 2.79. The predicted octanol–water partition coefficient (Wildman–Crippen LogP) is 0.676. The van der Waals surface area contributed by atoms with E-state index in [0.717, 1.165) is 25.9 Å². The van der Waals surface area contributed by atoms with Crippen molar-refractivity contribution >= 4 is 5.91 Å². The van der Waals surface area contributed by atoms with Crippen LogP contribution < -0.4 is 5.73 Å². The zero-order valence-electron chi connectivity index (χ0n) is 10.0. The Morgan fingerprint density at radius 2 is 2.18 bits per heavy atom. The molecule has 2 heterocycles. The maximum absolute atomic E-state index is 12.1. The molecule has 5 nitrogen and oxygen atoms in total. The molecule has 0 aliphatic carbocycles. The van der Waals surface area contributed by atoms with Crippen LogP contribution in [0.15, 0.2) is 18.5 Å². The number of piperidine rings is 1. The average Bonchev–Trinajstić information content (AvgIpc) is 2.39. The number of carbonyl (C=O) groups is 1. The molecule has 0 bridgehead atoms. The molecule has 1 amide bonds. The summed E-state index contributed by atoms with van der Waals surface area (Å²) in [7, 11) is 0. The van der Waals surface area contributed by atoms with Crippen LogP contribution in [0.3, 0.4) is 0 Å². The van der Waals surface area contributed by atoms with Gasteiger partial charge in [0.1, 0.15) is 0 Å². The molecule has 0 radical (unpaired) electrons. The van der Waals surface area contributed by atoms with E-state index in [2.05, 4.69) is 10.2 Å². The summed E-state index contributed by atoms with van der Waals surface area (Å²) >= 11 is 0. The Kier molecular flexibility index (Phi) is 3.68. The van der Waals surface area contributed by atoms with Crippen LogP contribution in [0.2, 0.25) is 0 Å². The molecule has 1 atom stereocenters. The van der Waals surface area contributed by atoms with Gasteiger partial charge in [0.2, 0.25) is 0 Å². The van der Waals surface area contributed by atoms with Crippen molar-refractivity contribution in [1.29, 1.82) is 0 Å². The van der Waals surface area contributed by atoms with Crippen molar-refractivity contribution in [2.75, 3.05) is 13.1 Å². The van der Waals surface area contributed by atoms with Crippen LogP contribution in [-0.4, -0.2) is 40.1 Å². The Hall–Kier alpha value is -1.49. The lowest BCUT2D eigenvalue weighted by Crippen LogP contribution is -2.42. The van der Waals surface area contributed by atoms with E-state index in [1.165, 1.54) is 6.20 Å². The molecule has 2 rings (SSSR count). The van der Waals surface area contributed by atoms with Gasteiger partial charge in [-0.05, 0) is 31.7 Å². The van der Waals surface area contributed by atoms with Crippen LogP contribution in [0, 0.1) is 5.92 Å². The minimum Gasteiger partial charge on any atom is -0.339 e.